The van der Waals surface area contributed by atoms with Crippen LogP contribution in [0.3, 0.4) is 0 Å². The molecule has 1 aliphatic carbocycles. The number of hydrogen-bond donors (Lipinski definition) is 2. The van der Waals surface area contributed by atoms with Crippen LogP contribution in [0.2, 0.25) is 0 Å². The Balaban J connectivity index is 1.66. The zero-order valence-electron chi connectivity index (χ0n) is 15.5. The van der Waals surface area contributed by atoms with Crippen LogP contribution in [0.5, 0.6) is 5.75 Å². The number of sulfone groups is 1. The van der Waals surface area contributed by atoms with Gasteiger partial charge in [0.1, 0.15) is 5.75 Å². The van der Waals surface area contributed by atoms with Gasteiger partial charge in [-0.15, -0.1) is 0 Å². The lowest BCUT2D eigenvalue weighted by molar-refractivity contribution is -0.122. The molecule has 1 atom stereocenters. The molecule has 0 spiro atoms. The number of rotatable bonds is 5. The number of carbonyl (C=O) groups excluding carboxylic acids is 2. The predicted octanol–water partition coefficient (Wildman–Crippen LogP) is 2.41. The van der Waals surface area contributed by atoms with E-state index in [1.165, 1.54) is 38.0 Å². The molecule has 3 rings (SSSR count). The maximum Gasteiger partial charge on any atom is 0.262 e. The van der Waals surface area contributed by atoms with Crippen LogP contribution < -0.4 is 15.4 Å². The van der Waals surface area contributed by atoms with Gasteiger partial charge in [0.25, 0.3) is 5.91 Å². The summed E-state index contributed by atoms with van der Waals surface area (Å²) in [5, 5.41) is 4.73. The van der Waals surface area contributed by atoms with Crippen LogP contribution in [-0.2, 0) is 19.4 Å². The van der Waals surface area contributed by atoms with Crippen molar-refractivity contribution in [2.45, 2.75) is 68.1 Å². The van der Waals surface area contributed by atoms with Gasteiger partial charge in [-0.2, -0.15) is 0 Å². The SMILES string of the molecule is C[C@H](CC(=O)NC1CCCCCC1)S(=O)(=O)c1ccc2c(c1)NC(=O)CO2. The molecule has 0 saturated heterocycles. The molecular weight excluding hydrogens is 368 g/mol. The van der Waals surface area contributed by atoms with Crippen LogP contribution in [0.15, 0.2) is 23.1 Å². The Bertz CT molecular complexity index is 813. The first-order valence-electron chi connectivity index (χ1n) is 9.46. The van der Waals surface area contributed by atoms with E-state index in [9.17, 15) is 18.0 Å². The normalized spacial score (nSPS) is 19.2. The lowest BCUT2D eigenvalue weighted by Crippen LogP contribution is -2.37. The number of hydrogen-bond acceptors (Lipinski definition) is 5. The van der Waals surface area contributed by atoms with Crippen LogP contribution in [0.1, 0.15) is 51.9 Å². The Morgan fingerprint density at radius 3 is 2.67 bits per heavy atom. The fourth-order valence-electron chi connectivity index (χ4n) is 3.55. The summed E-state index contributed by atoms with van der Waals surface area (Å²) < 4.78 is 30.9. The number of amides is 2. The number of ether oxygens (including phenoxy) is 1. The van der Waals surface area contributed by atoms with Crippen molar-refractivity contribution in [3.63, 3.8) is 0 Å². The smallest absolute Gasteiger partial charge is 0.262 e. The average Bonchev–Trinajstić information content (AvgIpc) is 2.89. The monoisotopic (exact) mass is 394 g/mol. The molecule has 1 heterocycles. The molecule has 27 heavy (non-hydrogen) atoms. The van der Waals surface area contributed by atoms with Gasteiger partial charge in [-0.05, 0) is 38.0 Å². The van der Waals surface area contributed by atoms with E-state index in [2.05, 4.69) is 10.6 Å². The second-order valence-electron chi connectivity index (χ2n) is 7.31. The van der Waals surface area contributed by atoms with Gasteiger partial charge in [-0.1, -0.05) is 25.7 Å². The minimum Gasteiger partial charge on any atom is -0.482 e. The highest BCUT2D eigenvalue weighted by Crippen LogP contribution is 2.31. The molecule has 0 bridgehead atoms. The van der Waals surface area contributed by atoms with Crippen LogP contribution in [0, 0.1) is 0 Å². The zero-order valence-corrected chi connectivity index (χ0v) is 16.3. The molecule has 7 nitrogen and oxygen atoms in total. The van der Waals surface area contributed by atoms with E-state index in [0.29, 0.717) is 11.4 Å². The summed E-state index contributed by atoms with van der Waals surface area (Å²) >= 11 is 0. The van der Waals surface area contributed by atoms with Crippen molar-refractivity contribution in [1.29, 1.82) is 0 Å². The van der Waals surface area contributed by atoms with Crippen molar-refractivity contribution in [3.8, 4) is 5.75 Å². The third-order valence-electron chi connectivity index (χ3n) is 5.14. The van der Waals surface area contributed by atoms with Crippen molar-refractivity contribution < 1.29 is 22.7 Å². The second kappa shape index (κ2) is 8.29. The Hall–Kier alpha value is -2.09. The van der Waals surface area contributed by atoms with Crippen molar-refractivity contribution in [2.24, 2.45) is 0 Å². The lowest BCUT2D eigenvalue weighted by Gasteiger charge is -2.20. The molecule has 1 aromatic carbocycles. The highest BCUT2D eigenvalue weighted by atomic mass is 32.2. The van der Waals surface area contributed by atoms with Gasteiger partial charge in [0.05, 0.1) is 15.8 Å². The highest BCUT2D eigenvalue weighted by Gasteiger charge is 2.28. The molecule has 1 saturated carbocycles. The van der Waals surface area contributed by atoms with Gasteiger partial charge in [0.15, 0.2) is 16.4 Å². The maximum absolute atomic E-state index is 12.8. The summed E-state index contributed by atoms with van der Waals surface area (Å²) in [6, 6.07) is 4.51. The van der Waals surface area contributed by atoms with E-state index in [1.54, 1.807) is 0 Å². The Labute approximate surface area is 159 Å². The standard InChI is InChI=1S/C19H26N2O5S/c1-13(10-18(22)20-14-6-4-2-3-5-7-14)27(24,25)15-8-9-17-16(11-15)21-19(23)12-26-17/h8-9,11,13-14H,2-7,10,12H2,1H3,(H,20,22)(H,21,23)/t13-/m1/s1. The average molecular weight is 394 g/mol. The first kappa shape index (κ1) is 19.7. The first-order valence-corrected chi connectivity index (χ1v) is 11.0. The third-order valence-corrected chi connectivity index (χ3v) is 7.27. The summed E-state index contributed by atoms with van der Waals surface area (Å²) in [6.07, 6.45) is 6.41. The quantitative estimate of drug-likeness (QED) is 0.747. The third kappa shape index (κ3) is 4.80. The molecule has 0 radical (unpaired) electrons. The Morgan fingerprint density at radius 2 is 1.96 bits per heavy atom. The van der Waals surface area contributed by atoms with E-state index in [0.717, 1.165) is 25.7 Å². The molecule has 2 aliphatic rings. The van der Waals surface area contributed by atoms with E-state index >= 15 is 0 Å². The first-order chi connectivity index (χ1) is 12.9. The number of fused-ring (bicyclic) bond motifs is 1. The van der Waals surface area contributed by atoms with Gasteiger partial charge in [-0.3, -0.25) is 9.59 Å². The van der Waals surface area contributed by atoms with Crippen molar-refractivity contribution in [3.05, 3.63) is 18.2 Å². The molecule has 2 N–H and O–H groups in total. The number of nitrogens with one attached hydrogen (secondary N) is 2. The molecule has 0 aromatic heterocycles. The minimum absolute atomic E-state index is 0.0711. The van der Waals surface area contributed by atoms with Crippen molar-refractivity contribution in [2.75, 3.05) is 11.9 Å². The summed E-state index contributed by atoms with van der Waals surface area (Å²) in [4.78, 5) is 23.8. The van der Waals surface area contributed by atoms with Crippen LogP contribution in [0.25, 0.3) is 0 Å². The minimum atomic E-state index is -3.70. The molecule has 8 heteroatoms. The topological polar surface area (TPSA) is 102 Å². The van der Waals surface area contributed by atoms with Gasteiger partial charge < -0.3 is 15.4 Å². The molecule has 148 valence electrons. The van der Waals surface area contributed by atoms with Crippen molar-refractivity contribution >= 4 is 27.3 Å². The maximum atomic E-state index is 12.8. The van der Waals surface area contributed by atoms with Crippen molar-refractivity contribution in [1.82, 2.24) is 5.32 Å². The zero-order chi connectivity index (χ0) is 19.4. The van der Waals surface area contributed by atoms with E-state index in [4.69, 9.17) is 4.74 Å². The molecule has 2 amide bonds. The fourth-order valence-corrected chi connectivity index (χ4v) is 4.93. The van der Waals surface area contributed by atoms with Gasteiger partial charge in [0, 0.05) is 12.5 Å². The molecule has 0 unspecified atom stereocenters. The largest absolute Gasteiger partial charge is 0.482 e. The summed E-state index contributed by atoms with van der Waals surface area (Å²) in [5.41, 5.74) is 0.336. The highest BCUT2D eigenvalue weighted by molar-refractivity contribution is 7.92. The fraction of sp³-hybridized carbons (Fsp3) is 0.579. The van der Waals surface area contributed by atoms with Gasteiger partial charge >= 0.3 is 0 Å². The van der Waals surface area contributed by atoms with Gasteiger partial charge in [-0.25, -0.2) is 8.42 Å². The van der Waals surface area contributed by atoms with Crippen LogP contribution in [-0.4, -0.2) is 38.1 Å². The van der Waals surface area contributed by atoms with E-state index in [-0.39, 0.29) is 35.8 Å². The lowest BCUT2D eigenvalue weighted by atomic mass is 10.1. The number of carbonyl (C=O) groups is 2. The summed E-state index contributed by atoms with van der Waals surface area (Å²) in [7, 11) is -3.70. The van der Waals surface area contributed by atoms with E-state index < -0.39 is 15.1 Å². The predicted molar refractivity (Wildman–Crippen MR) is 101 cm³/mol. The summed E-state index contributed by atoms with van der Waals surface area (Å²) in [6.45, 7) is 1.45. The van der Waals surface area contributed by atoms with Crippen LogP contribution >= 0.6 is 0 Å². The van der Waals surface area contributed by atoms with Gasteiger partial charge in [0.2, 0.25) is 5.91 Å². The Morgan fingerprint density at radius 1 is 1.26 bits per heavy atom. The molecule has 1 fully saturated rings. The number of benzene rings is 1. The second-order valence-corrected chi connectivity index (χ2v) is 9.68. The molecule has 1 aliphatic heterocycles. The molecule has 1 aromatic rings. The number of anilines is 1. The Kier molecular flexibility index (Phi) is 6.04. The molecular formula is C19H26N2O5S. The van der Waals surface area contributed by atoms with Crippen LogP contribution in [0.4, 0.5) is 5.69 Å². The van der Waals surface area contributed by atoms with E-state index in [1.807, 2.05) is 0 Å². The summed E-state index contributed by atoms with van der Waals surface area (Å²) in [5.74, 6) is -0.118.